The smallest absolute Gasteiger partial charge is 0.164 e. The van der Waals surface area contributed by atoms with Crippen molar-refractivity contribution in [2.75, 3.05) is 0 Å². The molecule has 51 heavy (non-hydrogen) atoms. The molecule has 0 saturated heterocycles. The van der Waals surface area contributed by atoms with E-state index in [1.807, 2.05) is 97.1 Å². The second kappa shape index (κ2) is 10.7. The minimum absolute atomic E-state index is 0.561. The molecule has 0 amide bonds. The number of furan rings is 3. The van der Waals surface area contributed by atoms with Gasteiger partial charge in [-0.3, -0.25) is 0 Å². The fourth-order valence-corrected chi connectivity index (χ4v) is 7.39. The van der Waals surface area contributed by atoms with Crippen LogP contribution in [0.2, 0.25) is 0 Å². The SMILES string of the molecule is c1ccc(-c2nc(-c3cccc4oc5ccccc5c34)nc(-c3cccc4oc5ccc(-c6ccc7c(c6)oc6ccccc67)cc5c34)n2)cc1. The molecule has 0 fully saturated rings. The molecule has 0 aliphatic rings. The maximum Gasteiger partial charge on any atom is 0.164 e. The lowest BCUT2D eigenvalue weighted by molar-refractivity contribution is 0.668. The summed E-state index contributed by atoms with van der Waals surface area (Å²) in [6.07, 6.45) is 0. The highest BCUT2D eigenvalue weighted by atomic mass is 16.3. The Labute approximate surface area is 290 Å². The first-order valence-electron chi connectivity index (χ1n) is 16.8. The maximum absolute atomic E-state index is 6.44. The van der Waals surface area contributed by atoms with Crippen molar-refractivity contribution in [1.82, 2.24) is 15.0 Å². The van der Waals surface area contributed by atoms with Crippen molar-refractivity contribution in [2.24, 2.45) is 0 Å². The average molecular weight is 656 g/mol. The topological polar surface area (TPSA) is 78.1 Å². The predicted octanol–water partition coefficient (Wildman–Crippen LogP) is 12.2. The van der Waals surface area contributed by atoms with Gasteiger partial charge in [-0.05, 0) is 59.7 Å². The van der Waals surface area contributed by atoms with Gasteiger partial charge in [0.05, 0.1) is 0 Å². The summed E-state index contributed by atoms with van der Waals surface area (Å²) < 4.78 is 18.9. The summed E-state index contributed by atoms with van der Waals surface area (Å²) in [5, 5.41) is 6.13. The molecule has 0 saturated carbocycles. The van der Waals surface area contributed by atoms with Crippen LogP contribution in [0.4, 0.5) is 0 Å². The van der Waals surface area contributed by atoms with E-state index < -0.39 is 0 Å². The Bertz CT molecular complexity index is 3150. The quantitative estimate of drug-likeness (QED) is 0.188. The standard InChI is InChI=1S/C45H25N3O3/c1-2-10-26(11-3-1)43-46-44(32-14-8-18-38-41(32)31-13-5-7-17-36(31)49-38)48-45(47-43)33-15-9-19-39-42(33)34-24-27(21-23-37(34)50-39)28-20-22-30-29-12-4-6-16-35(29)51-40(30)25-28/h1-25H. The third-order valence-corrected chi connectivity index (χ3v) is 9.76. The summed E-state index contributed by atoms with van der Waals surface area (Å²) in [4.78, 5) is 15.4. The van der Waals surface area contributed by atoms with Crippen LogP contribution in [0.15, 0.2) is 165 Å². The van der Waals surface area contributed by atoms with E-state index in [0.717, 1.165) is 93.6 Å². The van der Waals surface area contributed by atoms with Gasteiger partial charge in [0.25, 0.3) is 0 Å². The molecule has 6 nitrogen and oxygen atoms in total. The molecule has 7 aromatic carbocycles. The Morgan fingerprint density at radius 1 is 0.294 bits per heavy atom. The molecule has 238 valence electrons. The van der Waals surface area contributed by atoms with Crippen molar-refractivity contribution >= 4 is 65.8 Å². The molecule has 0 aliphatic carbocycles. The highest BCUT2D eigenvalue weighted by Crippen LogP contribution is 2.41. The Hall–Kier alpha value is -7.05. The van der Waals surface area contributed by atoms with Gasteiger partial charge in [-0.15, -0.1) is 0 Å². The van der Waals surface area contributed by atoms with Crippen LogP contribution in [-0.4, -0.2) is 15.0 Å². The molecular weight excluding hydrogens is 631 g/mol. The summed E-state index contributed by atoms with van der Waals surface area (Å²) in [7, 11) is 0. The molecule has 11 rings (SSSR count). The normalized spacial score (nSPS) is 11.9. The van der Waals surface area contributed by atoms with E-state index in [-0.39, 0.29) is 0 Å². The first-order valence-corrected chi connectivity index (χ1v) is 16.8. The third kappa shape index (κ3) is 4.33. The monoisotopic (exact) mass is 655 g/mol. The molecule has 4 heterocycles. The van der Waals surface area contributed by atoms with Crippen molar-refractivity contribution in [2.45, 2.75) is 0 Å². The Morgan fingerprint density at radius 3 is 1.55 bits per heavy atom. The van der Waals surface area contributed by atoms with Crippen LogP contribution in [0, 0.1) is 0 Å². The van der Waals surface area contributed by atoms with Crippen molar-refractivity contribution in [3.8, 4) is 45.3 Å². The highest BCUT2D eigenvalue weighted by molar-refractivity contribution is 6.14. The van der Waals surface area contributed by atoms with Crippen LogP contribution in [0.25, 0.3) is 111 Å². The number of fused-ring (bicyclic) bond motifs is 9. The predicted molar refractivity (Wildman–Crippen MR) is 203 cm³/mol. The summed E-state index contributed by atoms with van der Waals surface area (Å²) in [5.41, 5.74) is 9.66. The van der Waals surface area contributed by atoms with E-state index in [1.165, 1.54) is 0 Å². The third-order valence-electron chi connectivity index (χ3n) is 9.76. The number of hydrogen-bond acceptors (Lipinski definition) is 6. The molecule has 0 aliphatic heterocycles. The second-order valence-corrected chi connectivity index (χ2v) is 12.8. The van der Waals surface area contributed by atoms with Gasteiger partial charge >= 0.3 is 0 Å². The van der Waals surface area contributed by atoms with Crippen LogP contribution in [0.3, 0.4) is 0 Å². The number of benzene rings is 7. The molecule has 0 atom stereocenters. The van der Waals surface area contributed by atoms with Crippen molar-refractivity contribution < 1.29 is 13.3 Å². The van der Waals surface area contributed by atoms with E-state index in [0.29, 0.717) is 17.5 Å². The largest absolute Gasteiger partial charge is 0.456 e. The van der Waals surface area contributed by atoms with E-state index in [1.54, 1.807) is 0 Å². The summed E-state index contributed by atoms with van der Waals surface area (Å²) in [5.74, 6) is 1.72. The minimum atomic E-state index is 0.561. The minimum Gasteiger partial charge on any atom is -0.456 e. The molecule has 0 N–H and O–H groups in total. The Morgan fingerprint density at radius 2 is 0.804 bits per heavy atom. The average Bonchev–Trinajstić information content (AvgIpc) is 3.88. The highest BCUT2D eigenvalue weighted by Gasteiger charge is 2.21. The number of rotatable bonds is 4. The Balaban J connectivity index is 1.13. The fraction of sp³-hybridized carbons (Fsp3) is 0. The molecule has 11 aromatic rings. The zero-order valence-electron chi connectivity index (χ0n) is 27.0. The first kappa shape index (κ1) is 27.9. The molecule has 0 radical (unpaired) electrons. The van der Waals surface area contributed by atoms with E-state index in [2.05, 4.69) is 54.6 Å². The zero-order valence-corrected chi connectivity index (χ0v) is 27.0. The number of aromatic nitrogens is 3. The number of nitrogens with zero attached hydrogens (tertiary/aromatic N) is 3. The van der Waals surface area contributed by atoms with Crippen LogP contribution < -0.4 is 0 Å². The summed E-state index contributed by atoms with van der Waals surface area (Å²) in [6.45, 7) is 0. The van der Waals surface area contributed by atoms with Gasteiger partial charge in [0.15, 0.2) is 17.5 Å². The van der Waals surface area contributed by atoms with Crippen molar-refractivity contribution in [3.05, 3.63) is 152 Å². The molecule has 0 spiro atoms. The second-order valence-electron chi connectivity index (χ2n) is 12.8. The zero-order chi connectivity index (χ0) is 33.5. The lowest BCUT2D eigenvalue weighted by Gasteiger charge is -2.10. The first-order chi connectivity index (χ1) is 25.2. The lowest BCUT2D eigenvalue weighted by atomic mass is 9.99. The van der Waals surface area contributed by atoms with Gasteiger partial charge in [-0.25, -0.2) is 15.0 Å². The number of para-hydroxylation sites is 2. The van der Waals surface area contributed by atoms with Gasteiger partial charge in [0.1, 0.15) is 33.5 Å². The van der Waals surface area contributed by atoms with Crippen molar-refractivity contribution in [1.29, 1.82) is 0 Å². The molecule has 0 unspecified atom stereocenters. The van der Waals surface area contributed by atoms with Crippen LogP contribution >= 0.6 is 0 Å². The summed E-state index contributed by atoms with van der Waals surface area (Å²) in [6, 6.07) is 51.1. The van der Waals surface area contributed by atoms with Crippen molar-refractivity contribution in [3.63, 3.8) is 0 Å². The molecular formula is C45H25N3O3. The van der Waals surface area contributed by atoms with Gasteiger partial charge in [-0.1, -0.05) is 103 Å². The van der Waals surface area contributed by atoms with E-state index >= 15 is 0 Å². The molecule has 0 bridgehead atoms. The van der Waals surface area contributed by atoms with Gasteiger partial charge < -0.3 is 13.3 Å². The van der Waals surface area contributed by atoms with Gasteiger partial charge in [-0.2, -0.15) is 0 Å². The molecule has 4 aromatic heterocycles. The van der Waals surface area contributed by atoms with Crippen LogP contribution in [-0.2, 0) is 0 Å². The fourth-order valence-electron chi connectivity index (χ4n) is 7.39. The lowest BCUT2D eigenvalue weighted by Crippen LogP contribution is -2.00. The van der Waals surface area contributed by atoms with Gasteiger partial charge in [0, 0.05) is 49.0 Å². The van der Waals surface area contributed by atoms with Gasteiger partial charge in [0.2, 0.25) is 0 Å². The van der Waals surface area contributed by atoms with E-state index in [9.17, 15) is 0 Å². The number of hydrogen-bond donors (Lipinski definition) is 0. The maximum atomic E-state index is 6.44. The Kier molecular flexibility index (Phi) is 5.86. The molecule has 6 heteroatoms. The summed E-state index contributed by atoms with van der Waals surface area (Å²) >= 11 is 0. The van der Waals surface area contributed by atoms with Crippen LogP contribution in [0.1, 0.15) is 0 Å². The van der Waals surface area contributed by atoms with Crippen LogP contribution in [0.5, 0.6) is 0 Å². The van der Waals surface area contributed by atoms with E-state index in [4.69, 9.17) is 28.2 Å².